The zero-order chi connectivity index (χ0) is 18.1. The normalized spacial score (nSPS) is 25.0. The van der Waals surface area contributed by atoms with Crippen molar-refractivity contribution < 1.29 is 9.53 Å². The summed E-state index contributed by atoms with van der Waals surface area (Å²) in [6.45, 7) is 4.27. The van der Waals surface area contributed by atoms with Gasteiger partial charge in [-0.15, -0.1) is 10.2 Å². The van der Waals surface area contributed by atoms with Gasteiger partial charge in [0.25, 0.3) is 5.91 Å². The maximum absolute atomic E-state index is 12.5. The minimum atomic E-state index is -0.0869. The van der Waals surface area contributed by atoms with Gasteiger partial charge in [0, 0.05) is 39.0 Å². The summed E-state index contributed by atoms with van der Waals surface area (Å²) in [7, 11) is 4.23. The third kappa shape index (κ3) is 3.44. The number of nitrogens with zero attached hydrogens (tertiary/aromatic N) is 5. The highest BCUT2D eigenvalue weighted by Crippen LogP contribution is 2.23. The summed E-state index contributed by atoms with van der Waals surface area (Å²) in [4.78, 5) is 17.1. The van der Waals surface area contributed by atoms with Crippen LogP contribution in [0.15, 0.2) is 18.3 Å². The predicted molar refractivity (Wildman–Crippen MR) is 97.2 cm³/mol. The van der Waals surface area contributed by atoms with Crippen molar-refractivity contribution in [2.24, 2.45) is 0 Å². The van der Waals surface area contributed by atoms with Crippen molar-refractivity contribution in [2.45, 2.75) is 25.0 Å². The summed E-state index contributed by atoms with van der Waals surface area (Å²) >= 11 is 0. The van der Waals surface area contributed by atoms with Crippen molar-refractivity contribution in [2.75, 3.05) is 46.9 Å². The van der Waals surface area contributed by atoms with E-state index in [0.717, 1.165) is 50.6 Å². The van der Waals surface area contributed by atoms with E-state index in [1.54, 1.807) is 6.07 Å². The molecule has 4 heterocycles. The lowest BCUT2D eigenvalue weighted by Crippen LogP contribution is -2.45. The molecule has 2 aromatic heterocycles. The van der Waals surface area contributed by atoms with Crippen molar-refractivity contribution in [1.82, 2.24) is 29.7 Å². The number of rotatable bonds is 4. The number of ether oxygens (including phenoxy) is 1. The molecule has 0 saturated carbocycles. The van der Waals surface area contributed by atoms with Crippen molar-refractivity contribution in [3.8, 4) is 0 Å². The lowest BCUT2D eigenvalue weighted by Gasteiger charge is -2.36. The molecule has 0 bridgehead atoms. The van der Waals surface area contributed by atoms with Crippen LogP contribution in [-0.2, 0) is 4.74 Å². The van der Waals surface area contributed by atoms with Gasteiger partial charge < -0.3 is 15.0 Å². The molecular weight excluding hydrogens is 332 g/mol. The Morgan fingerprint density at radius 1 is 1.31 bits per heavy atom. The van der Waals surface area contributed by atoms with Crippen LogP contribution in [0, 0.1) is 0 Å². The lowest BCUT2D eigenvalue weighted by atomic mass is 10.1. The fourth-order valence-corrected chi connectivity index (χ4v) is 3.67. The molecule has 2 aliphatic heterocycles. The number of hydrogen-bond donors (Lipinski definition) is 1. The van der Waals surface area contributed by atoms with Gasteiger partial charge in [-0.05, 0) is 39.1 Å². The number of likely N-dealkylation sites (N-methyl/N-ethyl adjacent to an activating group) is 2. The first-order valence-electron chi connectivity index (χ1n) is 9.25. The minimum Gasteiger partial charge on any atom is -0.376 e. The van der Waals surface area contributed by atoms with E-state index in [4.69, 9.17) is 4.74 Å². The zero-order valence-corrected chi connectivity index (χ0v) is 15.4. The molecule has 1 N–H and O–H groups in total. The van der Waals surface area contributed by atoms with Gasteiger partial charge in [0.15, 0.2) is 11.5 Å². The molecule has 0 aliphatic carbocycles. The van der Waals surface area contributed by atoms with Crippen LogP contribution < -0.4 is 5.32 Å². The van der Waals surface area contributed by atoms with E-state index in [1.165, 1.54) is 0 Å². The summed E-state index contributed by atoms with van der Waals surface area (Å²) in [5.41, 5.74) is 1.38. The smallest absolute Gasteiger partial charge is 0.252 e. The third-order valence-corrected chi connectivity index (χ3v) is 5.35. The monoisotopic (exact) mass is 358 g/mol. The first-order valence-corrected chi connectivity index (χ1v) is 9.25. The summed E-state index contributed by atoms with van der Waals surface area (Å²) in [6, 6.07) is 3.81. The number of carbonyl (C=O) groups is 1. The number of amides is 1. The molecule has 140 valence electrons. The molecule has 0 spiro atoms. The highest BCUT2D eigenvalue weighted by molar-refractivity contribution is 5.94. The van der Waals surface area contributed by atoms with Gasteiger partial charge >= 0.3 is 0 Å². The number of carbonyl (C=O) groups excluding carboxylic acids is 1. The highest BCUT2D eigenvalue weighted by atomic mass is 16.5. The molecule has 2 fully saturated rings. The number of pyridine rings is 1. The second kappa shape index (κ2) is 7.30. The Morgan fingerprint density at radius 3 is 3.00 bits per heavy atom. The van der Waals surface area contributed by atoms with Gasteiger partial charge in [-0.25, -0.2) is 0 Å². The Labute approximate surface area is 153 Å². The molecule has 2 unspecified atom stereocenters. The minimum absolute atomic E-state index is 0.0869. The quantitative estimate of drug-likeness (QED) is 0.861. The summed E-state index contributed by atoms with van der Waals surface area (Å²) in [6.07, 6.45) is 4.06. The van der Waals surface area contributed by atoms with Gasteiger partial charge in [-0.3, -0.25) is 14.1 Å². The number of fused-ring (bicyclic) bond motifs is 1. The summed E-state index contributed by atoms with van der Waals surface area (Å²) in [5, 5.41) is 11.7. The largest absolute Gasteiger partial charge is 0.376 e. The van der Waals surface area contributed by atoms with Crippen LogP contribution >= 0.6 is 0 Å². The number of aromatic nitrogens is 3. The molecule has 0 radical (unpaired) electrons. The Hall–Kier alpha value is -2.03. The van der Waals surface area contributed by atoms with Crippen LogP contribution in [0.3, 0.4) is 0 Å². The molecule has 0 aromatic carbocycles. The van der Waals surface area contributed by atoms with Crippen LogP contribution in [0.25, 0.3) is 5.65 Å². The summed E-state index contributed by atoms with van der Waals surface area (Å²) < 4.78 is 7.51. The van der Waals surface area contributed by atoms with E-state index >= 15 is 0 Å². The molecule has 2 atom stereocenters. The van der Waals surface area contributed by atoms with Crippen molar-refractivity contribution in [3.05, 3.63) is 29.7 Å². The van der Waals surface area contributed by atoms with Crippen LogP contribution in [-0.4, -0.2) is 83.3 Å². The van der Waals surface area contributed by atoms with Crippen LogP contribution in [0.4, 0.5) is 0 Å². The molecule has 4 rings (SSSR count). The van der Waals surface area contributed by atoms with Crippen molar-refractivity contribution in [1.29, 1.82) is 0 Å². The lowest BCUT2D eigenvalue weighted by molar-refractivity contribution is 0.0857. The van der Waals surface area contributed by atoms with Crippen LogP contribution in [0.5, 0.6) is 0 Å². The van der Waals surface area contributed by atoms with Crippen molar-refractivity contribution in [3.63, 3.8) is 0 Å². The first-order chi connectivity index (χ1) is 12.6. The molecule has 2 aromatic rings. The average Bonchev–Trinajstić information content (AvgIpc) is 3.30. The number of piperazine rings is 1. The fraction of sp³-hybridized carbons (Fsp3) is 0.611. The Bertz CT molecular complexity index is 785. The maximum atomic E-state index is 12.5. The van der Waals surface area contributed by atoms with Gasteiger partial charge in [0.1, 0.15) is 0 Å². The van der Waals surface area contributed by atoms with Crippen LogP contribution in [0.2, 0.25) is 0 Å². The fourth-order valence-electron chi connectivity index (χ4n) is 3.67. The number of nitrogens with one attached hydrogen (secondary N) is 1. The molecule has 8 heteroatoms. The molecule has 26 heavy (non-hydrogen) atoms. The molecular formula is C18H26N6O2. The second-order valence-electron chi connectivity index (χ2n) is 7.31. The third-order valence-electron chi connectivity index (χ3n) is 5.35. The highest BCUT2D eigenvalue weighted by Gasteiger charge is 2.28. The van der Waals surface area contributed by atoms with Gasteiger partial charge in [0.2, 0.25) is 0 Å². The van der Waals surface area contributed by atoms with E-state index in [-0.39, 0.29) is 18.1 Å². The first kappa shape index (κ1) is 17.4. The Morgan fingerprint density at radius 2 is 2.19 bits per heavy atom. The predicted octanol–water partition coefficient (Wildman–Crippen LogP) is 0.556. The topological polar surface area (TPSA) is 75.0 Å². The van der Waals surface area contributed by atoms with Gasteiger partial charge in [-0.1, -0.05) is 0 Å². The molecule has 1 amide bonds. The van der Waals surface area contributed by atoms with E-state index in [1.807, 2.05) is 16.7 Å². The Kier molecular flexibility index (Phi) is 4.88. The van der Waals surface area contributed by atoms with Crippen molar-refractivity contribution >= 4 is 11.6 Å². The average molecular weight is 358 g/mol. The molecule has 2 aliphatic rings. The second-order valence-corrected chi connectivity index (χ2v) is 7.31. The van der Waals surface area contributed by atoms with Crippen LogP contribution in [0.1, 0.15) is 35.1 Å². The van der Waals surface area contributed by atoms with E-state index < -0.39 is 0 Å². The maximum Gasteiger partial charge on any atom is 0.252 e. The zero-order valence-electron chi connectivity index (χ0n) is 15.4. The summed E-state index contributed by atoms with van der Waals surface area (Å²) in [5.74, 6) is 0.791. The van der Waals surface area contributed by atoms with Gasteiger partial charge in [0.05, 0.1) is 17.7 Å². The molecule has 8 nitrogen and oxygen atoms in total. The SMILES string of the molecule is CN1CCN(C)C(c2nnc3ccc(C(=O)NCC4CCCO4)cn23)C1. The standard InChI is InChI=1S/C18H26N6O2/c1-22-7-8-23(2)15(12-22)17-21-20-16-6-5-13(11-24(16)17)18(25)19-10-14-4-3-9-26-14/h5-6,11,14-15H,3-4,7-10,12H2,1-2H3,(H,19,25). The van der Waals surface area contributed by atoms with E-state index in [9.17, 15) is 4.79 Å². The molecule has 2 saturated heterocycles. The van der Waals surface area contributed by atoms with E-state index in [2.05, 4.69) is 39.4 Å². The van der Waals surface area contributed by atoms with E-state index in [0.29, 0.717) is 12.1 Å². The Balaban J connectivity index is 1.55. The van der Waals surface area contributed by atoms with Gasteiger partial charge in [-0.2, -0.15) is 0 Å². The number of hydrogen-bond acceptors (Lipinski definition) is 6.